The lowest BCUT2D eigenvalue weighted by molar-refractivity contribution is 0.202. The lowest BCUT2D eigenvalue weighted by Crippen LogP contribution is -1.93. The number of hydrogen-bond acceptors (Lipinski definition) is 6. The maximum Gasteiger partial charge on any atom is 0.180 e. The molecule has 0 bridgehead atoms. The van der Waals surface area contributed by atoms with Crippen LogP contribution in [0.4, 0.5) is 5.13 Å². The average Bonchev–Trinajstić information content (AvgIpc) is 2.82. The van der Waals surface area contributed by atoms with E-state index >= 15 is 0 Å². The highest BCUT2D eigenvalue weighted by atomic mass is 32.1. The van der Waals surface area contributed by atoms with Crippen LogP contribution in [0.5, 0.6) is 0 Å². The molecule has 0 amide bonds. The summed E-state index contributed by atoms with van der Waals surface area (Å²) in [6.07, 6.45) is 0.856. The first-order chi connectivity index (χ1) is 7.70. The summed E-state index contributed by atoms with van der Waals surface area (Å²) < 4.78 is 5.03. The molecule has 16 heavy (non-hydrogen) atoms. The van der Waals surface area contributed by atoms with Crippen LogP contribution in [0.1, 0.15) is 10.7 Å². The Morgan fingerprint density at radius 1 is 1.44 bits per heavy atom. The number of thiazole rings is 2. The molecule has 2 aromatic rings. The van der Waals surface area contributed by atoms with Gasteiger partial charge in [-0.15, -0.1) is 11.3 Å². The van der Waals surface area contributed by atoms with Crippen LogP contribution in [0, 0.1) is 6.92 Å². The van der Waals surface area contributed by atoms with E-state index in [9.17, 15) is 0 Å². The predicted molar refractivity (Wildman–Crippen MR) is 68.0 cm³/mol. The average molecular weight is 255 g/mol. The number of ether oxygens (including phenoxy) is 1. The number of rotatable bonds is 4. The van der Waals surface area contributed by atoms with Crippen LogP contribution in [0.25, 0.3) is 10.6 Å². The fourth-order valence-electron chi connectivity index (χ4n) is 1.37. The number of methoxy groups -OCH3 is 1. The SMILES string of the molecule is COCCc1nc(-c2sc(N)nc2C)cs1. The molecule has 4 nitrogen and oxygen atoms in total. The highest BCUT2D eigenvalue weighted by molar-refractivity contribution is 7.19. The summed E-state index contributed by atoms with van der Waals surface area (Å²) in [4.78, 5) is 9.81. The molecular formula is C10H13N3OS2. The van der Waals surface area contributed by atoms with Gasteiger partial charge in [-0.2, -0.15) is 0 Å². The number of nitrogens with two attached hydrogens (primary N) is 1. The molecule has 0 atom stereocenters. The van der Waals surface area contributed by atoms with E-state index in [2.05, 4.69) is 9.97 Å². The van der Waals surface area contributed by atoms with Gasteiger partial charge < -0.3 is 10.5 Å². The molecule has 0 saturated heterocycles. The second kappa shape index (κ2) is 4.90. The first-order valence-corrected chi connectivity index (χ1v) is 6.57. The summed E-state index contributed by atoms with van der Waals surface area (Å²) in [6, 6.07) is 0. The molecule has 2 N–H and O–H groups in total. The number of anilines is 1. The van der Waals surface area contributed by atoms with Gasteiger partial charge in [-0.1, -0.05) is 11.3 Å². The Labute approximate surface area is 102 Å². The van der Waals surface area contributed by atoms with Gasteiger partial charge in [-0.3, -0.25) is 0 Å². The largest absolute Gasteiger partial charge is 0.384 e. The van der Waals surface area contributed by atoms with Crippen molar-refractivity contribution in [1.82, 2.24) is 9.97 Å². The number of nitrogen functional groups attached to an aromatic ring is 1. The van der Waals surface area contributed by atoms with Crippen LogP contribution >= 0.6 is 22.7 Å². The van der Waals surface area contributed by atoms with Crippen LogP contribution in [-0.4, -0.2) is 23.7 Å². The van der Waals surface area contributed by atoms with Gasteiger partial charge in [0.15, 0.2) is 5.13 Å². The van der Waals surface area contributed by atoms with Crippen LogP contribution in [0.15, 0.2) is 5.38 Å². The molecular weight excluding hydrogens is 242 g/mol. The van der Waals surface area contributed by atoms with E-state index in [0.29, 0.717) is 11.7 Å². The van der Waals surface area contributed by atoms with Crippen molar-refractivity contribution in [3.05, 3.63) is 16.1 Å². The zero-order valence-corrected chi connectivity index (χ0v) is 10.8. The third-order valence-corrected chi connectivity index (χ3v) is 4.04. The summed E-state index contributed by atoms with van der Waals surface area (Å²) in [6.45, 7) is 2.66. The van der Waals surface area contributed by atoms with Crippen LogP contribution in [-0.2, 0) is 11.2 Å². The Bertz CT molecular complexity index is 478. The van der Waals surface area contributed by atoms with Crippen molar-refractivity contribution in [2.75, 3.05) is 19.5 Å². The smallest absolute Gasteiger partial charge is 0.180 e. The first kappa shape index (κ1) is 11.5. The monoisotopic (exact) mass is 255 g/mol. The molecule has 0 radical (unpaired) electrons. The minimum Gasteiger partial charge on any atom is -0.384 e. The zero-order valence-electron chi connectivity index (χ0n) is 9.19. The first-order valence-electron chi connectivity index (χ1n) is 4.87. The van der Waals surface area contributed by atoms with Gasteiger partial charge in [0.1, 0.15) is 0 Å². The van der Waals surface area contributed by atoms with Crippen molar-refractivity contribution in [2.24, 2.45) is 0 Å². The number of aromatic nitrogens is 2. The van der Waals surface area contributed by atoms with E-state index in [1.54, 1.807) is 18.4 Å². The molecule has 2 aromatic heterocycles. The van der Waals surface area contributed by atoms with Gasteiger partial charge >= 0.3 is 0 Å². The topological polar surface area (TPSA) is 61.0 Å². The third kappa shape index (κ3) is 2.40. The second-order valence-corrected chi connectivity index (χ2v) is 5.31. The van der Waals surface area contributed by atoms with Crippen LogP contribution < -0.4 is 5.73 Å². The molecule has 0 fully saturated rings. The number of aryl methyl sites for hydroxylation is 1. The molecule has 0 aliphatic rings. The Balaban J connectivity index is 2.21. The van der Waals surface area contributed by atoms with E-state index in [1.807, 2.05) is 12.3 Å². The quantitative estimate of drug-likeness (QED) is 0.911. The van der Waals surface area contributed by atoms with Gasteiger partial charge in [0, 0.05) is 18.9 Å². The maximum atomic E-state index is 5.67. The fourth-order valence-corrected chi connectivity index (χ4v) is 3.01. The molecule has 2 rings (SSSR count). The highest BCUT2D eigenvalue weighted by Gasteiger charge is 2.11. The lowest BCUT2D eigenvalue weighted by Gasteiger charge is -1.93. The lowest BCUT2D eigenvalue weighted by atomic mass is 10.3. The number of hydrogen-bond donors (Lipinski definition) is 1. The fraction of sp³-hybridized carbons (Fsp3) is 0.400. The van der Waals surface area contributed by atoms with E-state index in [4.69, 9.17) is 10.5 Å². The molecule has 6 heteroatoms. The van der Waals surface area contributed by atoms with Gasteiger partial charge in [-0.05, 0) is 6.92 Å². The molecule has 0 aliphatic heterocycles. The zero-order chi connectivity index (χ0) is 11.5. The minimum atomic E-state index is 0.596. The molecule has 0 aliphatic carbocycles. The number of nitrogens with zero attached hydrogens (tertiary/aromatic N) is 2. The van der Waals surface area contributed by atoms with Gasteiger partial charge in [-0.25, -0.2) is 9.97 Å². The van der Waals surface area contributed by atoms with E-state index in [1.165, 1.54) is 11.3 Å². The van der Waals surface area contributed by atoms with Crippen molar-refractivity contribution >= 4 is 27.8 Å². The normalized spacial score (nSPS) is 10.9. The molecule has 0 spiro atoms. The predicted octanol–water partition coefficient (Wildman–Crippen LogP) is 2.35. The molecule has 86 valence electrons. The van der Waals surface area contributed by atoms with Gasteiger partial charge in [0.25, 0.3) is 0 Å². The summed E-state index contributed by atoms with van der Waals surface area (Å²) in [5, 5.41) is 3.73. The highest BCUT2D eigenvalue weighted by Crippen LogP contribution is 2.31. The molecule has 0 aromatic carbocycles. The minimum absolute atomic E-state index is 0.596. The van der Waals surface area contributed by atoms with Crippen LogP contribution in [0.2, 0.25) is 0 Å². The van der Waals surface area contributed by atoms with E-state index in [0.717, 1.165) is 27.7 Å². The van der Waals surface area contributed by atoms with Crippen molar-refractivity contribution < 1.29 is 4.74 Å². The Kier molecular flexibility index (Phi) is 3.52. The maximum absolute atomic E-state index is 5.67. The Morgan fingerprint density at radius 3 is 2.88 bits per heavy atom. The summed E-state index contributed by atoms with van der Waals surface area (Å²) in [7, 11) is 1.70. The standard InChI is InChI=1S/C10H13N3OS2/c1-6-9(16-10(11)12-6)7-5-15-8(13-7)3-4-14-2/h5H,3-4H2,1-2H3,(H2,11,12). The third-order valence-electron chi connectivity index (χ3n) is 2.12. The Morgan fingerprint density at radius 2 is 2.25 bits per heavy atom. The summed E-state index contributed by atoms with van der Waals surface area (Å²) >= 11 is 3.13. The second-order valence-electron chi connectivity index (χ2n) is 3.34. The molecule has 0 unspecified atom stereocenters. The van der Waals surface area contributed by atoms with Gasteiger partial charge in [0.05, 0.1) is 27.9 Å². The van der Waals surface area contributed by atoms with Crippen molar-refractivity contribution in [2.45, 2.75) is 13.3 Å². The molecule has 0 saturated carbocycles. The summed E-state index contributed by atoms with van der Waals surface area (Å²) in [5.41, 5.74) is 7.59. The van der Waals surface area contributed by atoms with E-state index in [-0.39, 0.29) is 0 Å². The van der Waals surface area contributed by atoms with Crippen molar-refractivity contribution in [3.8, 4) is 10.6 Å². The van der Waals surface area contributed by atoms with Gasteiger partial charge in [0.2, 0.25) is 0 Å². The Hall–Kier alpha value is -0.980. The molecule has 2 heterocycles. The van der Waals surface area contributed by atoms with Crippen molar-refractivity contribution in [3.63, 3.8) is 0 Å². The van der Waals surface area contributed by atoms with E-state index < -0.39 is 0 Å². The van der Waals surface area contributed by atoms with Crippen molar-refractivity contribution in [1.29, 1.82) is 0 Å². The summed E-state index contributed by atoms with van der Waals surface area (Å²) in [5.74, 6) is 0. The van der Waals surface area contributed by atoms with Crippen LogP contribution in [0.3, 0.4) is 0 Å².